The standard InChI is InChI=1S/C26H35NO7S/c1-18-8-14-22(15-9-18)35(30,31)34-21-12-10-19(11-13-21)16-20(23(28)32-25(2,3)4)17-27-24(29)33-26(5,6)7/h8-15,20H,16-17H2,1-7H3,(H,27,29). The van der Waals surface area contributed by atoms with Crippen molar-refractivity contribution < 1.29 is 31.7 Å². The highest BCUT2D eigenvalue weighted by Gasteiger charge is 2.27. The number of hydrogen-bond donors (Lipinski definition) is 1. The first-order valence-corrected chi connectivity index (χ1v) is 12.7. The van der Waals surface area contributed by atoms with E-state index >= 15 is 0 Å². The summed E-state index contributed by atoms with van der Waals surface area (Å²) in [5.41, 5.74) is 0.324. The SMILES string of the molecule is Cc1ccc(S(=O)(=O)Oc2ccc(CC(CNC(=O)OC(C)(C)C)C(=O)OC(C)(C)C)cc2)cc1. The Labute approximate surface area is 208 Å². The molecule has 35 heavy (non-hydrogen) atoms. The Balaban J connectivity index is 2.11. The number of hydrogen-bond acceptors (Lipinski definition) is 7. The second-order valence-corrected chi connectivity index (χ2v) is 11.9. The number of benzene rings is 2. The molecule has 1 N–H and O–H groups in total. The smallest absolute Gasteiger partial charge is 0.407 e. The second-order valence-electron chi connectivity index (χ2n) is 10.3. The summed E-state index contributed by atoms with van der Waals surface area (Å²) in [7, 11) is -3.97. The predicted octanol–water partition coefficient (Wildman–Crippen LogP) is 4.79. The van der Waals surface area contributed by atoms with Crippen molar-refractivity contribution in [2.75, 3.05) is 6.54 Å². The minimum atomic E-state index is -3.97. The second kappa shape index (κ2) is 11.1. The van der Waals surface area contributed by atoms with Crippen LogP contribution >= 0.6 is 0 Å². The average molecular weight is 506 g/mol. The largest absolute Gasteiger partial charge is 0.460 e. The van der Waals surface area contributed by atoms with Gasteiger partial charge in [-0.15, -0.1) is 0 Å². The van der Waals surface area contributed by atoms with Crippen molar-refractivity contribution in [3.63, 3.8) is 0 Å². The molecule has 1 atom stereocenters. The van der Waals surface area contributed by atoms with E-state index in [9.17, 15) is 18.0 Å². The molecule has 9 heteroatoms. The first-order chi connectivity index (χ1) is 16.0. The lowest BCUT2D eigenvalue weighted by atomic mass is 9.99. The Morgan fingerprint density at radius 2 is 1.40 bits per heavy atom. The molecule has 2 rings (SSSR count). The van der Waals surface area contributed by atoms with Crippen LogP contribution in [0.3, 0.4) is 0 Å². The van der Waals surface area contributed by atoms with Gasteiger partial charge in [-0.05, 0) is 84.7 Å². The first-order valence-electron chi connectivity index (χ1n) is 11.3. The number of ether oxygens (including phenoxy) is 2. The van der Waals surface area contributed by atoms with Crippen molar-refractivity contribution in [1.82, 2.24) is 5.32 Å². The summed E-state index contributed by atoms with van der Waals surface area (Å²) >= 11 is 0. The van der Waals surface area contributed by atoms with Crippen molar-refractivity contribution >= 4 is 22.2 Å². The monoisotopic (exact) mass is 505 g/mol. The molecular weight excluding hydrogens is 470 g/mol. The Hall–Kier alpha value is -3.07. The van der Waals surface area contributed by atoms with Gasteiger partial charge in [0.05, 0.1) is 5.92 Å². The third-order valence-electron chi connectivity index (χ3n) is 4.55. The number of carbonyl (C=O) groups is 2. The summed E-state index contributed by atoms with van der Waals surface area (Å²) in [6.07, 6.45) is -0.369. The summed E-state index contributed by atoms with van der Waals surface area (Å²) in [5.74, 6) is -0.990. The third kappa shape index (κ3) is 9.98. The van der Waals surface area contributed by atoms with Crippen LogP contribution in [0.5, 0.6) is 5.75 Å². The lowest BCUT2D eigenvalue weighted by Gasteiger charge is -2.25. The maximum atomic E-state index is 12.8. The molecule has 0 saturated carbocycles. The summed E-state index contributed by atoms with van der Waals surface area (Å²) in [5, 5.41) is 2.62. The van der Waals surface area contributed by atoms with Crippen molar-refractivity contribution in [3.8, 4) is 5.75 Å². The summed E-state index contributed by atoms with van der Waals surface area (Å²) in [6.45, 7) is 12.4. The molecule has 2 aromatic rings. The Morgan fingerprint density at radius 3 is 1.91 bits per heavy atom. The fraction of sp³-hybridized carbons (Fsp3) is 0.462. The van der Waals surface area contributed by atoms with E-state index in [1.165, 1.54) is 24.3 Å². The topological polar surface area (TPSA) is 108 Å². The van der Waals surface area contributed by atoms with E-state index in [4.69, 9.17) is 13.7 Å². The van der Waals surface area contributed by atoms with Crippen LogP contribution in [-0.4, -0.2) is 38.2 Å². The van der Waals surface area contributed by atoms with Crippen LogP contribution in [0, 0.1) is 12.8 Å². The fourth-order valence-corrected chi connectivity index (χ4v) is 3.92. The van der Waals surface area contributed by atoms with Gasteiger partial charge in [0, 0.05) is 6.54 Å². The maximum absolute atomic E-state index is 12.8. The van der Waals surface area contributed by atoms with E-state index in [2.05, 4.69) is 5.32 Å². The minimum Gasteiger partial charge on any atom is -0.460 e. The zero-order valence-corrected chi connectivity index (χ0v) is 22.2. The Morgan fingerprint density at radius 1 is 0.857 bits per heavy atom. The van der Waals surface area contributed by atoms with E-state index in [0.29, 0.717) is 0 Å². The molecule has 1 unspecified atom stereocenters. The van der Waals surface area contributed by atoms with Crippen molar-refractivity contribution in [2.24, 2.45) is 5.92 Å². The lowest BCUT2D eigenvalue weighted by Crippen LogP contribution is -2.40. The van der Waals surface area contributed by atoms with E-state index in [0.717, 1.165) is 11.1 Å². The highest BCUT2D eigenvalue weighted by atomic mass is 32.2. The van der Waals surface area contributed by atoms with Crippen LogP contribution in [-0.2, 0) is 30.8 Å². The quantitative estimate of drug-likeness (QED) is 0.406. The zero-order chi connectivity index (χ0) is 26.4. The van der Waals surface area contributed by atoms with Crippen molar-refractivity contribution in [1.29, 1.82) is 0 Å². The van der Waals surface area contributed by atoms with E-state index < -0.39 is 39.3 Å². The molecule has 0 spiro atoms. The lowest BCUT2D eigenvalue weighted by molar-refractivity contribution is -0.159. The fourth-order valence-electron chi connectivity index (χ4n) is 2.99. The van der Waals surface area contributed by atoms with Gasteiger partial charge in [0.25, 0.3) is 0 Å². The normalized spacial score (nSPS) is 13.0. The van der Waals surface area contributed by atoms with Crippen LogP contribution in [0.25, 0.3) is 0 Å². The van der Waals surface area contributed by atoms with Gasteiger partial charge in [0.15, 0.2) is 0 Å². The van der Waals surface area contributed by atoms with Gasteiger partial charge in [0.2, 0.25) is 0 Å². The molecule has 0 bridgehead atoms. The van der Waals surface area contributed by atoms with Crippen LogP contribution in [0.2, 0.25) is 0 Å². The Kier molecular flexibility index (Phi) is 8.94. The molecule has 0 fully saturated rings. The number of esters is 1. The molecule has 1 amide bonds. The Bertz CT molecular complexity index is 1110. The van der Waals surface area contributed by atoms with Gasteiger partial charge in [-0.2, -0.15) is 8.42 Å². The van der Waals surface area contributed by atoms with Gasteiger partial charge in [-0.3, -0.25) is 4.79 Å². The van der Waals surface area contributed by atoms with E-state index in [-0.39, 0.29) is 23.6 Å². The maximum Gasteiger partial charge on any atom is 0.407 e. The van der Waals surface area contributed by atoms with Gasteiger partial charge in [0.1, 0.15) is 21.8 Å². The van der Waals surface area contributed by atoms with Crippen molar-refractivity contribution in [2.45, 2.75) is 71.0 Å². The summed E-state index contributed by atoms with van der Waals surface area (Å²) in [6, 6.07) is 12.8. The molecule has 0 heterocycles. The summed E-state index contributed by atoms with van der Waals surface area (Å²) < 4.78 is 41.0. The number of aryl methyl sites for hydroxylation is 1. The molecule has 0 aliphatic heterocycles. The molecule has 0 saturated heterocycles. The molecule has 0 radical (unpaired) electrons. The highest BCUT2D eigenvalue weighted by molar-refractivity contribution is 7.87. The van der Waals surface area contributed by atoms with Gasteiger partial charge >= 0.3 is 22.2 Å². The van der Waals surface area contributed by atoms with Gasteiger partial charge < -0.3 is 19.0 Å². The minimum absolute atomic E-state index is 0.0177. The van der Waals surface area contributed by atoms with Crippen molar-refractivity contribution in [3.05, 3.63) is 59.7 Å². The molecule has 0 aromatic heterocycles. The highest BCUT2D eigenvalue weighted by Crippen LogP contribution is 2.22. The number of amides is 1. The number of carbonyl (C=O) groups excluding carboxylic acids is 2. The molecule has 2 aromatic carbocycles. The average Bonchev–Trinajstić information content (AvgIpc) is 2.70. The molecule has 192 valence electrons. The number of alkyl carbamates (subject to hydrolysis) is 1. The van der Waals surface area contributed by atoms with E-state index in [1.54, 1.807) is 65.8 Å². The van der Waals surface area contributed by atoms with Crippen LogP contribution < -0.4 is 9.50 Å². The van der Waals surface area contributed by atoms with Crippen LogP contribution in [0.1, 0.15) is 52.7 Å². The van der Waals surface area contributed by atoms with Crippen LogP contribution in [0.4, 0.5) is 4.79 Å². The van der Waals surface area contributed by atoms with Crippen LogP contribution in [0.15, 0.2) is 53.4 Å². The number of rotatable bonds is 8. The van der Waals surface area contributed by atoms with Gasteiger partial charge in [-0.1, -0.05) is 29.8 Å². The van der Waals surface area contributed by atoms with E-state index in [1.807, 2.05) is 6.92 Å². The molecule has 0 aliphatic carbocycles. The first kappa shape index (κ1) is 28.2. The molecule has 0 aliphatic rings. The third-order valence-corrected chi connectivity index (χ3v) is 5.81. The predicted molar refractivity (Wildman–Crippen MR) is 133 cm³/mol. The molecular formula is C26H35NO7S. The number of nitrogens with one attached hydrogen (secondary N) is 1. The van der Waals surface area contributed by atoms with Gasteiger partial charge in [-0.25, -0.2) is 4.79 Å². The summed E-state index contributed by atoms with van der Waals surface area (Å²) in [4.78, 5) is 24.9. The zero-order valence-electron chi connectivity index (χ0n) is 21.4. The molecule has 8 nitrogen and oxygen atoms in total.